The molecule has 0 unspecified atom stereocenters. The number of hydrogen-bond acceptors (Lipinski definition) is 4. The molecule has 24 heavy (non-hydrogen) atoms. The first-order valence-electron chi connectivity index (χ1n) is 7.61. The zero-order valence-corrected chi connectivity index (χ0v) is 13.7. The van der Waals surface area contributed by atoms with Crippen LogP contribution in [-0.2, 0) is 6.42 Å². The molecule has 6 heteroatoms. The molecule has 1 atom stereocenters. The van der Waals surface area contributed by atoms with E-state index in [0.717, 1.165) is 40.6 Å². The number of nitrogens with zero attached hydrogens (tertiary/aromatic N) is 2. The Hall–Kier alpha value is -2.71. The van der Waals surface area contributed by atoms with Crippen LogP contribution in [0.15, 0.2) is 30.3 Å². The van der Waals surface area contributed by atoms with Gasteiger partial charge < -0.3 is 9.47 Å². The van der Waals surface area contributed by atoms with Crippen LogP contribution in [0.3, 0.4) is 0 Å². The third-order valence-corrected chi connectivity index (χ3v) is 4.66. The number of nitriles is 1. The highest BCUT2D eigenvalue weighted by atomic mass is 35.5. The summed E-state index contributed by atoms with van der Waals surface area (Å²) < 4.78 is 11.4. The molecule has 3 aromatic rings. The molecule has 1 aromatic heterocycles. The summed E-state index contributed by atoms with van der Waals surface area (Å²) >= 11 is 6.17. The molecule has 2 aromatic carbocycles. The van der Waals surface area contributed by atoms with Crippen LogP contribution in [0, 0.1) is 11.3 Å². The summed E-state index contributed by atoms with van der Waals surface area (Å²) in [6.07, 6.45) is 1.67. The van der Waals surface area contributed by atoms with Gasteiger partial charge in [0.2, 0.25) is 5.88 Å². The first-order chi connectivity index (χ1) is 11.7. The van der Waals surface area contributed by atoms with Crippen LogP contribution in [0.2, 0.25) is 5.02 Å². The lowest BCUT2D eigenvalue weighted by molar-refractivity contribution is 0.208. The number of rotatable bonds is 3. The molecule has 0 saturated carbocycles. The van der Waals surface area contributed by atoms with Crippen molar-refractivity contribution in [3.63, 3.8) is 0 Å². The molecule has 0 radical (unpaired) electrons. The van der Waals surface area contributed by atoms with Crippen LogP contribution in [0.25, 0.3) is 10.9 Å². The second kappa shape index (κ2) is 5.73. The number of fused-ring (bicyclic) bond motifs is 2. The molecule has 120 valence electrons. The third kappa shape index (κ3) is 2.36. The predicted octanol–water partition coefficient (Wildman–Crippen LogP) is 4.16. The van der Waals surface area contributed by atoms with Gasteiger partial charge in [-0.05, 0) is 54.3 Å². The van der Waals surface area contributed by atoms with Crippen molar-refractivity contribution in [2.75, 3.05) is 7.11 Å². The first kappa shape index (κ1) is 14.9. The molecule has 0 fully saturated rings. The van der Waals surface area contributed by atoms with Crippen molar-refractivity contribution in [2.45, 2.75) is 18.9 Å². The highest BCUT2D eigenvalue weighted by molar-refractivity contribution is 6.31. The van der Waals surface area contributed by atoms with Gasteiger partial charge in [-0.1, -0.05) is 11.6 Å². The number of methoxy groups -OCH3 is 1. The molecule has 5 nitrogen and oxygen atoms in total. The second-order valence-corrected chi connectivity index (χ2v) is 6.14. The summed E-state index contributed by atoms with van der Waals surface area (Å²) in [4.78, 5) is 0. The van der Waals surface area contributed by atoms with E-state index in [1.807, 2.05) is 30.3 Å². The fraction of sp³-hybridized carbons (Fsp3) is 0.222. The summed E-state index contributed by atoms with van der Waals surface area (Å²) in [5.41, 5.74) is 3.59. The Morgan fingerprint density at radius 2 is 2.21 bits per heavy atom. The molecule has 0 saturated heterocycles. The number of benzene rings is 2. The fourth-order valence-electron chi connectivity index (χ4n) is 3.16. The van der Waals surface area contributed by atoms with Crippen molar-refractivity contribution in [2.24, 2.45) is 0 Å². The normalized spacial score (nSPS) is 16.0. The van der Waals surface area contributed by atoms with E-state index in [4.69, 9.17) is 26.3 Å². The van der Waals surface area contributed by atoms with Gasteiger partial charge in [0.25, 0.3) is 0 Å². The number of aromatic nitrogens is 2. The molecule has 0 amide bonds. The highest BCUT2D eigenvalue weighted by Crippen LogP contribution is 2.38. The van der Waals surface area contributed by atoms with E-state index in [1.165, 1.54) is 0 Å². The molecule has 0 spiro atoms. The van der Waals surface area contributed by atoms with Gasteiger partial charge in [0, 0.05) is 0 Å². The molecule has 0 aliphatic heterocycles. The summed E-state index contributed by atoms with van der Waals surface area (Å²) in [7, 11) is 1.59. The maximum atomic E-state index is 9.09. The van der Waals surface area contributed by atoms with Crippen LogP contribution in [0.1, 0.15) is 29.2 Å². The Balaban J connectivity index is 1.66. The Bertz CT molecular complexity index is 974. The van der Waals surface area contributed by atoms with Crippen molar-refractivity contribution < 1.29 is 9.47 Å². The van der Waals surface area contributed by atoms with Gasteiger partial charge in [0.15, 0.2) is 0 Å². The molecule has 1 aliphatic carbocycles. The van der Waals surface area contributed by atoms with E-state index in [1.54, 1.807) is 7.11 Å². The topological polar surface area (TPSA) is 70.9 Å². The lowest BCUT2D eigenvalue weighted by Gasteiger charge is -2.15. The van der Waals surface area contributed by atoms with Crippen LogP contribution >= 0.6 is 11.6 Å². The Morgan fingerprint density at radius 3 is 3.00 bits per heavy atom. The van der Waals surface area contributed by atoms with Gasteiger partial charge in [-0.25, -0.2) is 0 Å². The Labute approximate surface area is 143 Å². The number of nitrogens with one attached hydrogen (secondary N) is 1. The van der Waals surface area contributed by atoms with Crippen LogP contribution in [0.5, 0.6) is 11.6 Å². The van der Waals surface area contributed by atoms with Crippen molar-refractivity contribution in [3.8, 4) is 17.7 Å². The largest absolute Gasteiger partial charge is 0.486 e. The zero-order valence-electron chi connectivity index (χ0n) is 13.0. The number of aryl methyl sites for hydroxylation is 1. The second-order valence-electron chi connectivity index (χ2n) is 5.73. The number of halogens is 1. The smallest absolute Gasteiger partial charge is 0.240 e. The Morgan fingerprint density at radius 1 is 1.33 bits per heavy atom. The van der Waals surface area contributed by atoms with Gasteiger partial charge in [0.1, 0.15) is 17.9 Å². The third-order valence-electron chi connectivity index (χ3n) is 4.34. The summed E-state index contributed by atoms with van der Waals surface area (Å²) in [6.45, 7) is 0. The minimum atomic E-state index is -0.0689. The van der Waals surface area contributed by atoms with Gasteiger partial charge in [-0.15, -0.1) is 5.10 Å². The van der Waals surface area contributed by atoms with E-state index < -0.39 is 0 Å². The van der Waals surface area contributed by atoms with Gasteiger partial charge in [0.05, 0.1) is 28.6 Å². The SMILES string of the molecule is COc1n[nH]c2ccc(O[C@H]3CCc4cc(C#N)c(Cl)cc43)cc12. The summed E-state index contributed by atoms with van der Waals surface area (Å²) in [6, 6.07) is 11.6. The lowest BCUT2D eigenvalue weighted by Crippen LogP contribution is -2.03. The van der Waals surface area contributed by atoms with E-state index in [2.05, 4.69) is 16.3 Å². The predicted molar refractivity (Wildman–Crippen MR) is 90.5 cm³/mol. The maximum absolute atomic E-state index is 9.09. The summed E-state index contributed by atoms with van der Waals surface area (Å²) in [5, 5.41) is 17.5. The quantitative estimate of drug-likeness (QED) is 0.777. The van der Waals surface area contributed by atoms with Crippen molar-refractivity contribution >= 4 is 22.5 Å². The number of H-pyrrole nitrogens is 1. The lowest BCUT2D eigenvalue weighted by atomic mass is 10.1. The van der Waals surface area contributed by atoms with Gasteiger partial charge >= 0.3 is 0 Å². The maximum Gasteiger partial charge on any atom is 0.240 e. The monoisotopic (exact) mass is 339 g/mol. The molecule has 1 aliphatic rings. The van der Waals surface area contributed by atoms with Crippen molar-refractivity contribution in [1.29, 1.82) is 5.26 Å². The van der Waals surface area contributed by atoms with E-state index in [9.17, 15) is 0 Å². The fourth-order valence-corrected chi connectivity index (χ4v) is 3.38. The minimum absolute atomic E-state index is 0.0689. The van der Waals surface area contributed by atoms with Gasteiger partial charge in [-0.2, -0.15) is 5.26 Å². The number of ether oxygens (including phenoxy) is 2. The highest BCUT2D eigenvalue weighted by Gasteiger charge is 2.26. The van der Waals surface area contributed by atoms with Gasteiger partial charge in [-0.3, -0.25) is 5.10 Å². The van der Waals surface area contributed by atoms with Crippen LogP contribution < -0.4 is 9.47 Å². The van der Waals surface area contributed by atoms with E-state index in [0.29, 0.717) is 16.5 Å². The molecular weight excluding hydrogens is 326 g/mol. The first-order valence-corrected chi connectivity index (χ1v) is 7.98. The van der Waals surface area contributed by atoms with E-state index in [-0.39, 0.29) is 6.10 Å². The van der Waals surface area contributed by atoms with Crippen LogP contribution in [0.4, 0.5) is 0 Å². The number of aromatic amines is 1. The average molecular weight is 340 g/mol. The number of hydrogen-bond donors (Lipinski definition) is 1. The molecule has 4 rings (SSSR count). The van der Waals surface area contributed by atoms with Crippen molar-refractivity contribution in [3.05, 3.63) is 52.0 Å². The zero-order chi connectivity index (χ0) is 16.7. The molecule has 1 heterocycles. The summed E-state index contributed by atoms with van der Waals surface area (Å²) in [5.74, 6) is 1.30. The van der Waals surface area contributed by atoms with E-state index >= 15 is 0 Å². The molecular formula is C18H14ClN3O2. The average Bonchev–Trinajstić information content (AvgIpc) is 3.18. The molecule has 1 N–H and O–H groups in total. The van der Waals surface area contributed by atoms with Crippen LogP contribution in [-0.4, -0.2) is 17.3 Å². The minimum Gasteiger partial charge on any atom is -0.486 e. The van der Waals surface area contributed by atoms with Crippen molar-refractivity contribution in [1.82, 2.24) is 10.2 Å². The molecule has 0 bridgehead atoms. The standard InChI is InChI=1S/C18H14ClN3O2/c1-23-18-14-7-12(3-4-16(14)21-22-18)24-17-5-2-10-6-11(9-20)15(19)8-13(10)17/h3-4,6-8,17H,2,5H2,1H3,(H,21,22)/t17-/m0/s1. The Kier molecular flexibility index (Phi) is 3.55.